The fourth-order valence-corrected chi connectivity index (χ4v) is 2.15. The first-order valence-electron chi connectivity index (χ1n) is 6.76. The molecule has 2 aromatic rings. The van der Waals surface area contributed by atoms with Crippen LogP contribution in [0.3, 0.4) is 0 Å². The second kappa shape index (κ2) is 6.32. The number of aryl methyl sites for hydroxylation is 2. The SMILES string of the molecule is CCCn1ccc(CNc2cc(C)ccc2OC)c1. The predicted octanol–water partition coefficient (Wildman–Crippen LogP) is 3.83. The number of hydrogen-bond donors (Lipinski definition) is 1. The largest absolute Gasteiger partial charge is 0.495 e. The molecule has 0 amide bonds. The van der Waals surface area contributed by atoms with Gasteiger partial charge in [-0.1, -0.05) is 13.0 Å². The van der Waals surface area contributed by atoms with E-state index in [0.717, 1.165) is 30.9 Å². The van der Waals surface area contributed by atoms with E-state index in [-0.39, 0.29) is 0 Å². The van der Waals surface area contributed by atoms with Gasteiger partial charge in [-0.25, -0.2) is 0 Å². The predicted molar refractivity (Wildman–Crippen MR) is 79.8 cm³/mol. The minimum absolute atomic E-state index is 0.816. The van der Waals surface area contributed by atoms with E-state index in [1.165, 1.54) is 11.1 Å². The molecule has 19 heavy (non-hydrogen) atoms. The molecule has 0 aliphatic heterocycles. The molecule has 0 radical (unpaired) electrons. The number of aromatic nitrogens is 1. The Morgan fingerprint density at radius 3 is 2.84 bits per heavy atom. The van der Waals surface area contributed by atoms with Crippen LogP contribution in [0, 0.1) is 6.92 Å². The molecule has 0 bridgehead atoms. The van der Waals surface area contributed by atoms with Crippen LogP contribution >= 0.6 is 0 Å². The third kappa shape index (κ3) is 3.53. The number of rotatable bonds is 6. The molecule has 2 rings (SSSR count). The van der Waals surface area contributed by atoms with Crippen LogP contribution in [-0.4, -0.2) is 11.7 Å². The van der Waals surface area contributed by atoms with Gasteiger partial charge in [-0.05, 0) is 42.7 Å². The van der Waals surface area contributed by atoms with Crippen molar-refractivity contribution in [1.82, 2.24) is 4.57 Å². The molecule has 3 heteroatoms. The van der Waals surface area contributed by atoms with E-state index in [4.69, 9.17) is 4.74 Å². The van der Waals surface area contributed by atoms with Crippen LogP contribution in [0.2, 0.25) is 0 Å². The maximum Gasteiger partial charge on any atom is 0.141 e. The molecule has 1 N–H and O–H groups in total. The third-order valence-electron chi connectivity index (χ3n) is 3.13. The van der Waals surface area contributed by atoms with E-state index in [1.807, 2.05) is 6.07 Å². The first kappa shape index (κ1) is 13.5. The van der Waals surface area contributed by atoms with Crippen molar-refractivity contribution >= 4 is 5.69 Å². The van der Waals surface area contributed by atoms with Crippen molar-refractivity contribution in [2.75, 3.05) is 12.4 Å². The second-order valence-corrected chi connectivity index (χ2v) is 4.81. The van der Waals surface area contributed by atoms with Crippen molar-refractivity contribution in [3.63, 3.8) is 0 Å². The molecule has 1 aromatic carbocycles. The molecule has 0 saturated heterocycles. The van der Waals surface area contributed by atoms with Crippen LogP contribution in [0.25, 0.3) is 0 Å². The van der Waals surface area contributed by atoms with E-state index >= 15 is 0 Å². The summed E-state index contributed by atoms with van der Waals surface area (Å²) in [5.41, 5.74) is 3.56. The summed E-state index contributed by atoms with van der Waals surface area (Å²) >= 11 is 0. The van der Waals surface area contributed by atoms with Gasteiger partial charge < -0.3 is 14.6 Å². The zero-order chi connectivity index (χ0) is 13.7. The van der Waals surface area contributed by atoms with Gasteiger partial charge in [0.05, 0.1) is 12.8 Å². The van der Waals surface area contributed by atoms with E-state index in [2.05, 4.69) is 54.3 Å². The van der Waals surface area contributed by atoms with E-state index in [9.17, 15) is 0 Å². The summed E-state index contributed by atoms with van der Waals surface area (Å²) in [5, 5.41) is 3.44. The highest BCUT2D eigenvalue weighted by Crippen LogP contribution is 2.25. The van der Waals surface area contributed by atoms with Crippen molar-refractivity contribution < 1.29 is 4.74 Å². The molecule has 0 aliphatic rings. The lowest BCUT2D eigenvalue weighted by Crippen LogP contribution is -2.01. The highest BCUT2D eigenvalue weighted by atomic mass is 16.5. The zero-order valence-corrected chi connectivity index (χ0v) is 11.9. The molecule has 0 saturated carbocycles. The molecule has 0 spiro atoms. The van der Waals surface area contributed by atoms with E-state index < -0.39 is 0 Å². The fourth-order valence-electron chi connectivity index (χ4n) is 2.15. The Labute approximate surface area is 115 Å². The van der Waals surface area contributed by atoms with Gasteiger partial charge in [0, 0.05) is 25.5 Å². The minimum atomic E-state index is 0.816. The molecule has 1 heterocycles. The quantitative estimate of drug-likeness (QED) is 0.852. The van der Waals surface area contributed by atoms with Crippen LogP contribution < -0.4 is 10.1 Å². The number of methoxy groups -OCH3 is 1. The van der Waals surface area contributed by atoms with Gasteiger partial charge in [0.1, 0.15) is 5.75 Å². The number of benzene rings is 1. The normalized spacial score (nSPS) is 10.5. The average Bonchev–Trinajstić information content (AvgIpc) is 2.85. The summed E-state index contributed by atoms with van der Waals surface area (Å²) in [6, 6.07) is 8.33. The van der Waals surface area contributed by atoms with Gasteiger partial charge in [0.15, 0.2) is 0 Å². The maximum absolute atomic E-state index is 5.36. The standard InChI is InChI=1S/C16H22N2O/c1-4-8-18-9-7-14(12-18)11-17-15-10-13(2)5-6-16(15)19-3/h5-7,9-10,12,17H,4,8,11H2,1-3H3. The number of anilines is 1. The van der Waals surface area contributed by atoms with Crippen molar-refractivity contribution in [2.45, 2.75) is 33.4 Å². The van der Waals surface area contributed by atoms with Gasteiger partial charge in [-0.3, -0.25) is 0 Å². The lowest BCUT2D eigenvalue weighted by atomic mass is 10.2. The Kier molecular flexibility index (Phi) is 4.50. The Morgan fingerprint density at radius 1 is 1.26 bits per heavy atom. The van der Waals surface area contributed by atoms with Crippen molar-refractivity contribution in [3.05, 3.63) is 47.8 Å². The summed E-state index contributed by atoms with van der Waals surface area (Å²) in [6.07, 6.45) is 5.49. The van der Waals surface area contributed by atoms with Crippen molar-refractivity contribution in [1.29, 1.82) is 0 Å². The smallest absolute Gasteiger partial charge is 0.141 e. The van der Waals surface area contributed by atoms with Crippen LogP contribution in [0.4, 0.5) is 5.69 Å². The van der Waals surface area contributed by atoms with Crippen LogP contribution in [0.5, 0.6) is 5.75 Å². The van der Waals surface area contributed by atoms with Crippen molar-refractivity contribution in [2.24, 2.45) is 0 Å². The summed E-state index contributed by atoms with van der Waals surface area (Å²) in [7, 11) is 1.70. The molecule has 3 nitrogen and oxygen atoms in total. The van der Waals surface area contributed by atoms with Crippen LogP contribution in [0.1, 0.15) is 24.5 Å². The summed E-state index contributed by atoms with van der Waals surface area (Å²) in [6.45, 7) is 6.17. The van der Waals surface area contributed by atoms with Crippen molar-refractivity contribution in [3.8, 4) is 5.75 Å². The number of nitrogens with one attached hydrogen (secondary N) is 1. The van der Waals surface area contributed by atoms with Gasteiger partial charge >= 0.3 is 0 Å². The summed E-state index contributed by atoms with van der Waals surface area (Å²) in [4.78, 5) is 0. The Balaban J connectivity index is 2.03. The molecule has 0 fully saturated rings. The lowest BCUT2D eigenvalue weighted by molar-refractivity contribution is 0.416. The molecule has 0 unspecified atom stereocenters. The number of ether oxygens (including phenoxy) is 1. The van der Waals surface area contributed by atoms with Gasteiger partial charge in [-0.2, -0.15) is 0 Å². The summed E-state index contributed by atoms with van der Waals surface area (Å²) in [5.74, 6) is 0.888. The average molecular weight is 258 g/mol. The molecule has 0 atom stereocenters. The topological polar surface area (TPSA) is 26.2 Å². The van der Waals surface area contributed by atoms with Gasteiger partial charge in [-0.15, -0.1) is 0 Å². The number of nitrogens with zero attached hydrogens (tertiary/aromatic N) is 1. The third-order valence-corrected chi connectivity index (χ3v) is 3.13. The molecular weight excluding hydrogens is 236 g/mol. The monoisotopic (exact) mass is 258 g/mol. The fraction of sp³-hybridized carbons (Fsp3) is 0.375. The molecule has 1 aromatic heterocycles. The van der Waals surface area contributed by atoms with E-state index in [0.29, 0.717) is 0 Å². The number of hydrogen-bond acceptors (Lipinski definition) is 2. The van der Waals surface area contributed by atoms with Gasteiger partial charge in [0.2, 0.25) is 0 Å². The molecule has 0 aliphatic carbocycles. The Hall–Kier alpha value is -1.90. The molecule has 102 valence electrons. The van der Waals surface area contributed by atoms with Crippen LogP contribution in [0.15, 0.2) is 36.7 Å². The minimum Gasteiger partial charge on any atom is -0.495 e. The first-order chi connectivity index (χ1) is 9.22. The van der Waals surface area contributed by atoms with Gasteiger partial charge in [0.25, 0.3) is 0 Å². The first-order valence-corrected chi connectivity index (χ1v) is 6.76. The summed E-state index contributed by atoms with van der Waals surface area (Å²) < 4.78 is 7.59. The van der Waals surface area contributed by atoms with E-state index in [1.54, 1.807) is 7.11 Å². The molecular formula is C16H22N2O. The highest BCUT2D eigenvalue weighted by molar-refractivity contribution is 5.58. The second-order valence-electron chi connectivity index (χ2n) is 4.81. The lowest BCUT2D eigenvalue weighted by Gasteiger charge is -2.11. The zero-order valence-electron chi connectivity index (χ0n) is 11.9. The van der Waals surface area contributed by atoms with Crippen LogP contribution in [-0.2, 0) is 13.1 Å². The highest BCUT2D eigenvalue weighted by Gasteiger charge is 2.03. The maximum atomic E-state index is 5.36. The Morgan fingerprint density at radius 2 is 2.11 bits per heavy atom. The Bertz CT molecular complexity index is 531.